The number of aryl methyl sites for hydroxylation is 1. The Kier molecular flexibility index (Phi) is 5.40. The molecular formula is C22H26N2O2. The number of hydrogen-bond acceptors (Lipinski definition) is 2. The minimum atomic E-state index is -0.571. The topological polar surface area (TPSA) is 49.4 Å². The van der Waals surface area contributed by atoms with Gasteiger partial charge in [-0.1, -0.05) is 56.3 Å². The van der Waals surface area contributed by atoms with Crippen molar-refractivity contribution >= 4 is 11.8 Å². The third-order valence-corrected chi connectivity index (χ3v) is 5.09. The first-order valence-electron chi connectivity index (χ1n) is 9.33. The van der Waals surface area contributed by atoms with Crippen molar-refractivity contribution in [3.05, 3.63) is 70.8 Å². The number of nitrogens with one attached hydrogen (secondary N) is 1. The highest BCUT2D eigenvalue weighted by Gasteiger charge is 2.40. The monoisotopic (exact) mass is 350 g/mol. The van der Waals surface area contributed by atoms with Crippen molar-refractivity contribution < 1.29 is 9.59 Å². The molecule has 1 aliphatic heterocycles. The zero-order chi connectivity index (χ0) is 18.7. The third-order valence-electron chi connectivity index (χ3n) is 5.09. The van der Waals surface area contributed by atoms with Crippen molar-refractivity contribution in [2.45, 2.75) is 52.2 Å². The molecular weight excluding hydrogens is 324 g/mol. The summed E-state index contributed by atoms with van der Waals surface area (Å²) >= 11 is 0. The molecule has 2 amide bonds. The van der Waals surface area contributed by atoms with Gasteiger partial charge in [-0.2, -0.15) is 0 Å². The van der Waals surface area contributed by atoms with Gasteiger partial charge in [-0.05, 0) is 42.5 Å². The Labute approximate surface area is 155 Å². The Balaban J connectivity index is 1.90. The Morgan fingerprint density at radius 3 is 2.38 bits per heavy atom. The molecule has 0 aromatic heterocycles. The predicted molar refractivity (Wildman–Crippen MR) is 103 cm³/mol. The van der Waals surface area contributed by atoms with E-state index < -0.39 is 6.04 Å². The first kappa shape index (κ1) is 18.2. The van der Waals surface area contributed by atoms with E-state index in [2.05, 4.69) is 24.4 Å². The van der Waals surface area contributed by atoms with Crippen LogP contribution in [0.2, 0.25) is 0 Å². The Morgan fingerprint density at radius 2 is 1.73 bits per heavy atom. The predicted octanol–water partition coefficient (Wildman–Crippen LogP) is 3.86. The zero-order valence-electron chi connectivity index (χ0n) is 15.7. The molecule has 2 atom stereocenters. The fraction of sp³-hybridized carbons (Fsp3) is 0.364. The number of benzene rings is 2. The van der Waals surface area contributed by atoms with Crippen LogP contribution in [0.3, 0.4) is 0 Å². The molecule has 2 aromatic rings. The summed E-state index contributed by atoms with van der Waals surface area (Å²) in [6.45, 7) is 6.56. The number of amides is 2. The van der Waals surface area contributed by atoms with Crippen molar-refractivity contribution in [1.82, 2.24) is 10.2 Å². The first-order valence-corrected chi connectivity index (χ1v) is 9.33. The molecule has 1 N–H and O–H groups in total. The number of hydrogen-bond donors (Lipinski definition) is 1. The van der Waals surface area contributed by atoms with Crippen LogP contribution in [0.1, 0.15) is 60.3 Å². The van der Waals surface area contributed by atoms with Gasteiger partial charge in [0.1, 0.15) is 6.04 Å². The number of rotatable bonds is 6. The highest BCUT2D eigenvalue weighted by Crippen LogP contribution is 2.35. The summed E-state index contributed by atoms with van der Waals surface area (Å²) in [5.41, 5.74) is 3.71. The van der Waals surface area contributed by atoms with Gasteiger partial charge in [0.25, 0.3) is 5.91 Å². The molecule has 0 unspecified atom stereocenters. The van der Waals surface area contributed by atoms with Crippen molar-refractivity contribution in [3.63, 3.8) is 0 Å². The van der Waals surface area contributed by atoms with E-state index in [9.17, 15) is 9.59 Å². The first-order chi connectivity index (χ1) is 12.5. The van der Waals surface area contributed by atoms with E-state index in [0.29, 0.717) is 12.1 Å². The third kappa shape index (κ3) is 3.50. The second kappa shape index (κ2) is 7.73. The highest BCUT2D eigenvalue weighted by molar-refractivity contribution is 6.04. The number of fused-ring (bicyclic) bond motifs is 1. The van der Waals surface area contributed by atoms with Gasteiger partial charge in [0.15, 0.2) is 0 Å². The summed E-state index contributed by atoms with van der Waals surface area (Å²) in [6, 6.07) is 15.2. The lowest BCUT2D eigenvalue weighted by Crippen LogP contribution is -2.42. The molecule has 136 valence electrons. The standard InChI is InChI=1S/C22H26N2O2/c1-4-15(3)23-21(25)20-18-8-6-7-9-19(18)22(26)24(20)14-17-12-10-16(5-2)11-13-17/h6-13,15,20H,4-5,14H2,1-3H3,(H,23,25)/t15-,20+/m1/s1. The summed E-state index contributed by atoms with van der Waals surface area (Å²) in [4.78, 5) is 27.5. The van der Waals surface area contributed by atoms with E-state index in [1.807, 2.05) is 44.2 Å². The Bertz CT molecular complexity index is 798. The zero-order valence-corrected chi connectivity index (χ0v) is 15.7. The molecule has 3 rings (SSSR count). The van der Waals surface area contributed by atoms with Crippen LogP contribution in [0.5, 0.6) is 0 Å². The molecule has 1 heterocycles. The molecule has 0 radical (unpaired) electrons. The van der Waals surface area contributed by atoms with Crippen LogP contribution in [-0.4, -0.2) is 22.8 Å². The molecule has 4 heteroatoms. The average molecular weight is 350 g/mol. The highest BCUT2D eigenvalue weighted by atomic mass is 16.2. The summed E-state index contributed by atoms with van der Waals surface area (Å²) in [5.74, 6) is -0.188. The molecule has 0 spiro atoms. The fourth-order valence-electron chi connectivity index (χ4n) is 3.32. The van der Waals surface area contributed by atoms with Crippen molar-refractivity contribution in [3.8, 4) is 0 Å². The second-order valence-corrected chi connectivity index (χ2v) is 6.91. The van der Waals surface area contributed by atoms with E-state index in [0.717, 1.165) is 24.0 Å². The minimum absolute atomic E-state index is 0.0792. The van der Waals surface area contributed by atoms with Crippen molar-refractivity contribution in [2.24, 2.45) is 0 Å². The molecule has 0 saturated heterocycles. The van der Waals surface area contributed by atoms with Crippen LogP contribution in [-0.2, 0) is 17.8 Å². The van der Waals surface area contributed by atoms with Crippen LogP contribution >= 0.6 is 0 Å². The van der Waals surface area contributed by atoms with Gasteiger partial charge < -0.3 is 10.2 Å². The number of nitrogens with zero attached hydrogens (tertiary/aromatic N) is 1. The van der Waals surface area contributed by atoms with Gasteiger partial charge in [-0.3, -0.25) is 9.59 Å². The van der Waals surface area contributed by atoms with Crippen LogP contribution in [0.25, 0.3) is 0 Å². The summed E-state index contributed by atoms with van der Waals surface area (Å²) in [7, 11) is 0. The SMILES string of the molecule is CCc1ccc(CN2C(=O)c3ccccc3[C@H]2C(=O)N[C@H](C)CC)cc1. The normalized spacial score (nSPS) is 17.1. The fourth-order valence-corrected chi connectivity index (χ4v) is 3.32. The maximum Gasteiger partial charge on any atom is 0.255 e. The lowest BCUT2D eigenvalue weighted by Gasteiger charge is -2.26. The summed E-state index contributed by atoms with van der Waals surface area (Å²) in [5, 5.41) is 3.03. The largest absolute Gasteiger partial charge is 0.352 e. The van der Waals surface area contributed by atoms with Crippen LogP contribution in [0.15, 0.2) is 48.5 Å². The smallest absolute Gasteiger partial charge is 0.255 e. The van der Waals surface area contributed by atoms with Crippen molar-refractivity contribution in [1.29, 1.82) is 0 Å². The Hall–Kier alpha value is -2.62. The maximum absolute atomic E-state index is 12.9. The van der Waals surface area contributed by atoms with Crippen LogP contribution in [0.4, 0.5) is 0 Å². The van der Waals surface area contributed by atoms with Crippen LogP contribution < -0.4 is 5.32 Å². The van der Waals surface area contributed by atoms with E-state index in [1.165, 1.54) is 5.56 Å². The molecule has 0 fully saturated rings. The molecule has 1 aliphatic rings. The lowest BCUT2D eigenvalue weighted by molar-refractivity contribution is -0.126. The van der Waals surface area contributed by atoms with Gasteiger partial charge in [0.05, 0.1) is 0 Å². The van der Waals surface area contributed by atoms with E-state index in [-0.39, 0.29) is 17.9 Å². The average Bonchev–Trinajstić information content (AvgIpc) is 2.94. The lowest BCUT2D eigenvalue weighted by atomic mass is 10.0. The van der Waals surface area contributed by atoms with Gasteiger partial charge in [-0.25, -0.2) is 0 Å². The minimum Gasteiger partial charge on any atom is -0.352 e. The van der Waals surface area contributed by atoms with E-state index in [1.54, 1.807) is 11.0 Å². The summed E-state index contributed by atoms with van der Waals surface area (Å²) < 4.78 is 0. The number of carbonyl (C=O) groups is 2. The van der Waals surface area contributed by atoms with Gasteiger partial charge in [0, 0.05) is 18.2 Å². The number of carbonyl (C=O) groups excluding carboxylic acids is 2. The molecule has 0 bridgehead atoms. The van der Waals surface area contributed by atoms with Crippen LogP contribution in [0, 0.1) is 0 Å². The van der Waals surface area contributed by atoms with Crippen molar-refractivity contribution in [2.75, 3.05) is 0 Å². The molecule has 4 nitrogen and oxygen atoms in total. The Morgan fingerprint density at radius 1 is 1.08 bits per heavy atom. The molecule has 0 saturated carbocycles. The van der Waals surface area contributed by atoms with Gasteiger partial charge >= 0.3 is 0 Å². The van der Waals surface area contributed by atoms with E-state index >= 15 is 0 Å². The summed E-state index contributed by atoms with van der Waals surface area (Å²) in [6.07, 6.45) is 1.83. The molecule has 2 aromatic carbocycles. The van der Waals surface area contributed by atoms with Gasteiger partial charge in [-0.15, -0.1) is 0 Å². The maximum atomic E-state index is 12.9. The molecule has 26 heavy (non-hydrogen) atoms. The van der Waals surface area contributed by atoms with Gasteiger partial charge in [0.2, 0.25) is 5.91 Å². The quantitative estimate of drug-likeness (QED) is 0.860. The van der Waals surface area contributed by atoms with E-state index in [4.69, 9.17) is 0 Å². The molecule has 0 aliphatic carbocycles. The second-order valence-electron chi connectivity index (χ2n) is 6.91.